The van der Waals surface area contributed by atoms with Gasteiger partial charge in [-0.25, -0.2) is 18.0 Å². The molecule has 3 amide bonds. The number of halogens is 3. The SMILES string of the molecule is C[C@]1(c2cc(F)ccc2F)NC(=O)N(CC(=O)c2cccc(F)c2)C1=O. The Bertz CT molecular complexity index is 932. The molecule has 134 valence electrons. The molecule has 0 spiro atoms. The van der Waals surface area contributed by atoms with Gasteiger partial charge in [0.15, 0.2) is 5.78 Å². The summed E-state index contributed by atoms with van der Waals surface area (Å²) in [4.78, 5) is 37.7. The maximum Gasteiger partial charge on any atom is 0.325 e. The van der Waals surface area contributed by atoms with Gasteiger partial charge in [0.05, 0.1) is 6.54 Å². The molecule has 0 saturated carbocycles. The van der Waals surface area contributed by atoms with Gasteiger partial charge >= 0.3 is 6.03 Å². The summed E-state index contributed by atoms with van der Waals surface area (Å²) in [5, 5.41) is 2.29. The van der Waals surface area contributed by atoms with Crippen molar-refractivity contribution in [1.82, 2.24) is 10.2 Å². The third-order valence-electron chi connectivity index (χ3n) is 4.19. The average molecular weight is 362 g/mol. The van der Waals surface area contributed by atoms with Gasteiger partial charge in [-0.3, -0.25) is 14.5 Å². The number of imide groups is 1. The molecule has 1 saturated heterocycles. The van der Waals surface area contributed by atoms with Crippen LogP contribution in [0.4, 0.5) is 18.0 Å². The van der Waals surface area contributed by atoms with E-state index in [-0.39, 0.29) is 11.1 Å². The van der Waals surface area contributed by atoms with E-state index in [1.54, 1.807) is 0 Å². The van der Waals surface area contributed by atoms with Gasteiger partial charge < -0.3 is 5.32 Å². The number of benzene rings is 2. The van der Waals surface area contributed by atoms with Crippen molar-refractivity contribution in [2.24, 2.45) is 0 Å². The summed E-state index contributed by atoms with van der Waals surface area (Å²) >= 11 is 0. The summed E-state index contributed by atoms with van der Waals surface area (Å²) in [6, 6.07) is 6.40. The molecule has 3 rings (SSSR count). The van der Waals surface area contributed by atoms with Crippen molar-refractivity contribution in [1.29, 1.82) is 0 Å². The summed E-state index contributed by atoms with van der Waals surface area (Å²) in [6.45, 7) is 0.568. The number of amides is 3. The van der Waals surface area contributed by atoms with Gasteiger partial charge in [-0.05, 0) is 37.3 Å². The zero-order chi connectivity index (χ0) is 19.1. The van der Waals surface area contributed by atoms with Crippen molar-refractivity contribution in [3.8, 4) is 0 Å². The molecule has 1 fully saturated rings. The Labute approximate surface area is 146 Å². The molecule has 0 radical (unpaired) electrons. The van der Waals surface area contributed by atoms with Gasteiger partial charge in [0.2, 0.25) is 0 Å². The summed E-state index contributed by atoms with van der Waals surface area (Å²) < 4.78 is 40.8. The molecule has 0 aromatic heterocycles. The molecule has 0 bridgehead atoms. The minimum atomic E-state index is -1.86. The zero-order valence-corrected chi connectivity index (χ0v) is 13.6. The number of nitrogens with one attached hydrogen (secondary N) is 1. The summed E-state index contributed by atoms with van der Waals surface area (Å²) in [6.07, 6.45) is 0. The molecule has 26 heavy (non-hydrogen) atoms. The number of hydrogen-bond acceptors (Lipinski definition) is 3. The molecule has 1 atom stereocenters. The molecule has 1 aliphatic heterocycles. The lowest BCUT2D eigenvalue weighted by molar-refractivity contribution is -0.130. The van der Waals surface area contributed by atoms with Crippen LogP contribution in [0.2, 0.25) is 0 Å². The minimum absolute atomic E-state index is 0.0175. The molecule has 2 aromatic carbocycles. The highest BCUT2D eigenvalue weighted by Gasteiger charge is 2.50. The molecule has 1 N–H and O–H groups in total. The third-order valence-corrected chi connectivity index (χ3v) is 4.19. The van der Waals surface area contributed by atoms with Crippen LogP contribution in [-0.2, 0) is 10.3 Å². The number of carbonyl (C=O) groups excluding carboxylic acids is 3. The van der Waals surface area contributed by atoms with Gasteiger partial charge in [-0.15, -0.1) is 0 Å². The molecule has 5 nitrogen and oxygen atoms in total. The van der Waals surface area contributed by atoms with E-state index >= 15 is 0 Å². The van der Waals surface area contributed by atoms with E-state index in [4.69, 9.17) is 0 Å². The van der Waals surface area contributed by atoms with Gasteiger partial charge in [-0.1, -0.05) is 12.1 Å². The number of carbonyl (C=O) groups is 3. The first kappa shape index (κ1) is 17.7. The smallest absolute Gasteiger partial charge is 0.319 e. The van der Waals surface area contributed by atoms with Crippen molar-refractivity contribution in [2.75, 3.05) is 6.54 Å². The van der Waals surface area contributed by atoms with Crippen molar-refractivity contribution >= 4 is 17.7 Å². The van der Waals surface area contributed by atoms with Crippen LogP contribution >= 0.6 is 0 Å². The molecular formula is C18H13F3N2O3. The second-order valence-corrected chi connectivity index (χ2v) is 6.00. The zero-order valence-electron chi connectivity index (χ0n) is 13.6. The van der Waals surface area contributed by atoms with Crippen LogP contribution in [0.15, 0.2) is 42.5 Å². The van der Waals surface area contributed by atoms with E-state index < -0.39 is 47.3 Å². The van der Waals surface area contributed by atoms with Crippen LogP contribution in [0.1, 0.15) is 22.8 Å². The Hall–Kier alpha value is -3.16. The molecule has 1 aliphatic rings. The molecule has 8 heteroatoms. The maximum atomic E-state index is 14.1. The third kappa shape index (κ3) is 2.94. The van der Waals surface area contributed by atoms with Gasteiger partial charge in [-0.2, -0.15) is 0 Å². The lowest BCUT2D eigenvalue weighted by atomic mass is 9.91. The standard InChI is InChI=1S/C18H13F3N2O3/c1-18(13-8-12(20)5-6-14(13)21)16(25)23(17(26)22-18)9-15(24)10-3-2-4-11(19)7-10/h2-8H,9H2,1H3,(H,22,26)/t18-/m1/s1. The summed E-state index contributed by atoms with van der Waals surface area (Å²) in [5.74, 6) is -3.87. The molecule has 0 aliphatic carbocycles. The highest BCUT2D eigenvalue weighted by Crippen LogP contribution is 2.31. The van der Waals surface area contributed by atoms with E-state index in [0.29, 0.717) is 4.90 Å². The Morgan fingerprint density at radius 1 is 1.08 bits per heavy atom. The molecule has 2 aromatic rings. The van der Waals surface area contributed by atoms with E-state index in [0.717, 1.165) is 30.3 Å². The van der Waals surface area contributed by atoms with Crippen molar-refractivity contribution in [2.45, 2.75) is 12.5 Å². The fraction of sp³-hybridized carbons (Fsp3) is 0.167. The quantitative estimate of drug-likeness (QED) is 0.672. The largest absolute Gasteiger partial charge is 0.325 e. The Kier molecular flexibility index (Phi) is 4.27. The second-order valence-electron chi connectivity index (χ2n) is 6.00. The van der Waals surface area contributed by atoms with Crippen molar-refractivity contribution in [3.63, 3.8) is 0 Å². The van der Waals surface area contributed by atoms with Crippen LogP contribution in [-0.4, -0.2) is 29.2 Å². The van der Waals surface area contributed by atoms with Crippen LogP contribution in [0, 0.1) is 17.5 Å². The van der Waals surface area contributed by atoms with Crippen LogP contribution in [0.3, 0.4) is 0 Å². The Morgan fingerprint density at radius 2 is 1.77 bits per heavy atom. The Balaban J connectivity index is 1.89. The lowest BCUT2D eigenvalue weighted by Crippen LogP contribution is -2.42. The van der Waals surface area contributed by atoms with Gasteiger partial charge in [0.25, 0.3) is 5.91 Å². The number of urea groups is 1. The highest BCUT2D eigenvalue weighted by atomic mass is 19.1. The topological polar surface area (TPSA) is 66.5 Å². The lowest BCUT2D eigenvalue weighted by Gasteiger charge is -2.22. The van der Waals surface area contributed by atoms with E-state index in [1.807, 2.05) is 0 Å². The normalized spacial score (nSPS) is 19.6. The van der Waals surface area contributed by atoms with Gasteiger partial charge in [0, 0.05) is 11.1 Å². The molecular weight excluding hydrogens is 349 g/mol. The second kappa shape index (κ2) is 6.29. The molecule has 0 unspecified atom stereocenters. The van der Waals surface area contributed by atoms with Gasteiger partial charge in [0.1, 0.15) is 23.0 Å². The van der Waals surface area contributed by atoms with Crippen LogP contribution in [0.5, 0.6) is 0 Å². The van der Waals surface area contributed by atoms with E-state index in [2.05, 4.69) is 5.32 Å². The van der Waals surface area contributed by atoms with Crippen LogP contribution < -0.4 is 5.32 Å². The number of ketones is 1. The van der Waals surface area contributed by atoms with Crippen molar-refractivity contribution in [3.05, 3.63) is 71.0 Å². The predicted molar refractivity (Wildman–Crippen MR) is 84.7 cm³/mol. The first-order valence-electron chi connectivity index (χ1n) is 7.61. The monoisotopic (exact) mass is 362 g/mol. The Morgan fingerprint density at radius 3 is 2.46 bits per heavy atom. The fourth-order valence-corrected chi connectivity index (χ4v) is 2.80. The summed E-state index contributed by atoms with van der Waals surface area (Å²) in [5.41, 5.74) is -2.22. The van der Waals surface area contributed by atoms with E-state index in [1.165, 1.54) is 19.1 Å². The number of rotatable bonds is 4. The highest BCUT2D eigenvalue weighted by molar-refractivity contribution is 6.11. The molecule has 1 heterocycles. The van der Waals surface area contributed by atoms with E-state index in [9.17, 15) is 27.6 Å². The van der Waals surface area contributed by atoms with Crippen molar-refractivity contribution < 1.29 is 27.6 Å². The minimum Gasteiger partial charge on any atom is -0.319 e. The van der Waals surface area contributed by atoms with Crippen LogP contribution in [0.25, 0.3) is 0 Å². The number of nitrogens with zero attached hydrogens (tertiary/aromatic N) is 1. The number of hydrogen-bond donors (Lipinski definition) is 1. The first-order chi connectivity index (χ1) is 12.2. The number of Topliss-reactive ketones (excluding diaryl/α,β-unsaturated/α-hetero) is 1. The first-order valence-corrected chi connectivity index (χ1v) is 7.61. The predicted octanol–water partition coefficient (Wildman–Crippen LogP) is 2.75. The average Bonchev–Trinajstić information content (AvgIpc) is 2.81. The fourth-order valence-electron chi connectivity index (χ4n) is 2.80. The summed E-state index contributed by atoms with van der Waals surface area (Å²) in [7, 11) is 0. The maximum absolute atomic E-state index is 14.1.